The molecule has 0 atom stereocenters. The smallest absolute Gasteiger partial charge is 0.322 e. The molecule has 2 aliphatic rings. The third-order valence-electron chi connectivity index (χ3n) is 8.46. The van der Waals surface area contributed by atoms with Gasteiger partial charge in [-0.15, -0.1) is 0 Å². The number of hydrogen-bond acceptors (Lipinski definition) is 7. The van der Waals surface area contributed by atoms with Crippen molar-refractivity contribution in [3.63, 3.8) is 0 Å². The van der Waals surface area contributed by atoms with Crippen molar-refractivity contribution in [2.24, 2.45) is 0 Å². The number of anilines is 3. The number of amides is 1. The molecule has 12 heteroatoms. The molecule has 2 aromatic carbocycles. The van der Waals surface area contributed by atoms with E-state index < -0.39 is 17.6 Å². The molecular weight excluding hydrogens is 593 g/mol. The summed E-state index contributed by atoms with van der Waals surface area (Å²) in [6, 6.07) is 9.46. The van der Waals surface area contributed by atoms with Gasteiger partial charge in [-0.05, 0) is 68.6 Å². The normalized spacial score (nSPS) is 15.9. The summed E-state index contributed by atoms with van der Waals surface area (Å²) in [6.07, 6.45) is 5.89. The van der Waals surface area contributed by atoms with E-state index in [1.165, 1.54) is 18.6 Å². The molecule has 2 N–H and O–H groups in total. The number of aryl methyl sites for hydroxylation is 1. The summed E-state index contributed by atoms with van der Waals surface area (Å²) in [6.45, 7) is 5.09. The van der Waals surface area contributed by atoms with E-state index in [1.807, 2.05) is 29.7 Å². The van der Waals surface area contributed by atoms with E-state index in [0.717, 1.165) is 43.2 Å². The Balaban J connectivity index is 1.11. The van der Waals surface area contributed by atoms with Gasteiger partial charge in [-0.2, -0.15) is 18.3 Å². The van der Waals surface area contributed by atoms with Crippen molar-refractivity contribution in [2.75, 3.05) is 43.9 Å². The fourth-order valence-corrected chi connectivity index (χ4v) is 5.38. The minimum absolute atomic E-state index is 0.0777. The molecule has 2 aromatic heterocycles. The van der Waals surface area contributed by atoms with Crippen LogP contribution in [0.5, 0.6) is 0 Å². The Hall–Kier alpha value is -4.73. The number of alkyl halides is 3. The lowest BCUT2D eigenvalue weighted by atomic mass is 9.93. The van der Waals surface area contributed by atoms with E-state index in [4.69, 9.17) is 0 Å². The van der Waals surface area contributed by atoms with Crippen molar-refractivity contribution < 1.29 is 18.0 Å². The zero-order valence-electron chi connectivity index (χ0n) is 25.7. The maximum absolute atomic E-state index is 14.0. The summed E-state index contributed by atoms with van der Waals surface area (Å²) in [5.74, 6) is 5.99. The van der Waals surface area contributed by atoms with Gasteiger partial charge in [0.2, 0.25) is 5.95 Å². The molecular formula is C34H35F3N8O. The second kappa shape index (κ2) is 13.3. The van der Waals surface area contributed by atoms with E-state index in [0.29, 0.717) is 36.2 Å². The quantitative estimate of drug-likeness (QED) is 0.248. The van der Waals surface area contributed by atoms with Gasteiger partial charge in [0.25, 0.3) is 5.91 Å². The number of likely N-dealkylation sites (N-methyl/N-ethyl adjacent to an activating group) is 1. The van der Waals surface area contributed by atoms with Crippen molar-refractivity contribution in [2.45, 2.75) is 44.9 Å². The minimum Gasteiger partial charge on any atom is -0.322 e. The molecule has 3 heterocycles. The van der Waals surface area contributed by atoms with Crippen LogP contribution in [-0.2, 0) is 12.7 Å². The van der Waals surface area contributed by atoms with Gasteiger partial charge in [0.05, 0.1) is 29.1 Å². The number of nitrogens with zero attached hydrogens (tertiary/aromatic N) is 6. The number of hydrogen-bond donors (Lipinski definition) is 2. The van der Waals surface area contributed by atoms with Gasteiger partial charge in [0.1, 0.15) is 0 Å². The first-order chi connectivity index (χ1) is 22.1. The van der Waals surface area contributed by atoms with Gasteiger partial charge in [-0.1, -0.05) is 24.0 Å². The monoisotopic (exact) mass is 628 g/mol. The highest BCUT2D eigenvalue weighted by Gasteiger charge is 2.34. The third kappa shape index (κ3) is 7.55. The average Bonchev–Trinajstić information content (AvgIpc) is 3.45. The van der Waals surface area contributed by atoms with Gasteiger partial charge in [0.15, 0.2) is 0 Å². The second-order valence-electron chi connectivity index (χ2n) is 11.9. The van der Waals surface area contributed by atoms with Crippen LogP contribution < -0.4 is 10.6 Å². The molecule has 9 nitrogen and oxygen atoms in total. The first-order valence-corrected chi connectivity index (χ1v) is 15.3. The van der Waals surface area contributed by atoms with E-state index in [9.17, 15) is 18.0 Å². The fraction of sp³-hybridized carbons (Fsp3) is 0.353. The third-order valence-corrected chi connectivity index (χ3v) is 8.46. The van der Waals surface area contributed by atoms with Crippen molar-refractivity contribution in [3.8, 4) is 11.8 Å². The van der Waals surface area contributed by atoms with Crippen LogP contribution in [0, 0.1) is 18.8 Å². The summed E-state index contributed by atoms with van der Waals surface area (Å²) < 4.78 is 44.0. The molecule has 1 saturated carbocycles. The van der Waals surface area contributed by atoms with Crippen LogP contribution in [0.2, 0.25) is 0 Å². The lowest BCUT2D eigenvalue weighted by Crippen LogP contribution is -2.44. The molecule has 46 heavy (non-hydrogen) atoms. The molecule has 238 valence electrons. The highest BCUT2D eigenvalue weighted by Crippen LogP contribution is 2.35. The van der Waals surface area contributed by atoms with Gasteiger partial charge in [-0.25, -0.2) is 9.97 Å². The van der Waals surface area contributed by atoms with Crippen LogP contribution >= 0.6 is 0 Å². The number of carbonyl (C=O) groups is 1. The Bertz CT molecular complexity index is 1760. The fourth-order valence-electron chi connectivity index (χ4n) is 5.38. The lowest BCUT2D eigenvalue weighted by molar-refractivity contribution is -0.138. The zero-order valence-corrected chi connectivity index (χ0v) is 25.7. The Morgan fingerprint density at radius 2 is 1.74 bits per heavy atom. The SMILES string of the molecule is Cc1ccc(C(=O)Nc2ccc(CN3CCN(C)CC3)c(C(F)(F)F)c2)cc1C#Cc1cnc(Nc2cnn(C3CCC3)c2)nc1. The summed E-state index contributed by atoms with van der Waals surface area (Å²) in [4.78, 5) is 26.0. The Morgan fingerprint density at radius 3 is 2.43 bits per heavy atom. The van der Waals surface area contributed by atoms with Gasteiger partial charge in [0, 0.05) is 68.1 Å². The number of piperazine rings is 1. The van der Waals surface area contributed by atoms with Gasteiger partial charge < -0.3 is 15.5 Å². The maximum Gasteiger partial charge on any atom is 0.416 e. The molecule has 1 saturated heterocycles. The van der Waals surface area contributed by atoms with E-state index >= 15 is 0 Å². The molecule has 0 bridgehead atoms. The van der Waals surface area contributed by atoms with Crippen LogP contribution in [0.4, 0.5) is 30.5 Å². The Morgan fingerprint density at radius 1 is 0.978 bits per heavy atom. The first kappa shape index (κ1) is 31.3. The molecule has 6 rings (SSSR count). The Labute approximate surface area is 265 Å². The summed E-state index contributed by atoms with van der Waals surface area (Å²) in [5.41, 5.74) is 2.66. The molecule has 1 aliphatic carbocycles. The van der Waals surface area contributed by atoms with Crippen molar-refractivity contribution >= 4 is 23.2 Å². The molecule has 2 fully saturated rings. The second-order valence-corrected chi connectivity index (χ2v) is 11.9. The minimum atomic E-state index is -4.55. The summed E-state index contributed by atoms with van der Waals surface area (Å²) >= 11 is 0. The highest BCUT2D eigenvalue weighted by atomic mass is 19.4. The van der Waals surface area contributed by atoms with E-state index in [1.54, 1.807) is 36.8 Å². The predicted octanol–water partition coefficient (Wildman–Crippen LogP) is 5.87. The standard InChI is InChI=1S/C34H35F3N8O/c1-23-6-8-26(32(46)41-28-11-10-27(31(17-28)34(35,36)37)21-44-14-12-43(2)13-15-44)16-25(23)9-7-24-18-38-33(39-19-24)42-29-20-40-45(22-29)30-4-3-5-30/h6,8,10-11,16-20,22,30H,3-5,12-15,21H2,1-2H3,(H,41,46)(H,38,39,42). The van der Waals surface area contributed by atoms with Crippen LogP contribution in [0.3, 0.4) is 0 Å². The first-order valence-electron chi connectivity index (χ1n) is 15.3. The van der Waals surface area contributed by atoms with Crippen LogP contribution in [0.25, 0.3) is 0 Å². The molecule has 1 aliphatic heterocycles. The molecule has 0 unspecified atom stereocenters. The topological polar surface area (TPSA) is 91.2 Å². The summed E-state index contributed by atoms with van der Waals surface area (Å²) in [7, 11) is 2.00. The van der Waals surface area contributed by atoms with Crippen molar-refractivity contribution in [1.82, 2.24) is 29.5 Å². The van der Waals surface area contributed by atoms with Gasteiger partial charge in [-0.3, -0.25) is 14.4 Å². The number of benzene rings is 2. The zero-order chi connectivity index (χ0) is 32.3. The number of carbonyl (C=O) groups excluding carboxylic acids is 1. The number of halogens is 3. The van der Waals surface area contributed by atoms with Crippen LogP contribution in [-0.4, -0.2) is 68.7 Å². The number of nitrogens with one attached hydrogen (secondary N) is 2. The lowest BCUT2D eigenvalue weighted by Gasteiger charge is -2.33. The highest BCUT2D eigenvalue weighted by molar-refractivity contribution is 6.04. The number of rotatable bonds is 7. The van der Waals surface area contributed by atoms with Crippen molar-refractivity contribution in [3.05, 3.63) is 94.6 Å². The van der Waals surface area contributed by atoms with E-state index in [-0.39, 0.29) is 23.4 Å². The molecule has 0 spiro atoms. The molecule has 1 amide bonds. The van der Waals surface area contributed by atoms with Crippen LogP contribution in [0.1, 0.15) is 63.5 Å². The van der Waals surface area contributed by atoms with Gasteiger partial charge >= 0.3 is 6.18 Å². The number of aromatic nitrogens is 4. The Kier molecular flexibility index (Phi) is 9.05. The molecule has 4 aromatic rings. The van der Waals surface area contributed by atoms with E-state index in [2.05, 4.69) is 42.4 Å². The maximum atomic E-state index is 14.0. The predicted molar refractivity (Wildman–Crippen MR) is 170 cm³/mol. The largest absolute Gasteiger partial charge is 0.416 e. The van der Waals surface area contributed by atoms with Crippen molar-refractivity contribution in [1.29, 1.82) is 0 Å². The van der Waals surface area contributed by atoms with Crippen LogP contribution in [0.15, 0.2) is 61.2 Å². The average molecular weight is 629 g/mol. The molecule has 0 radical (unpaired) electrons. The summed E-state index contributed by atoms with van der Waals surface area (Å²) in [5, 5.41) is 10.2.